The van der Waals surface area contributed by atoms with E-state index in [2.05, 4.69) is 40.1 Å². The van der Waals surface area contributed by atoms with Crippen LogP contribution < -0.4 is 5.32 Å². The van der Waals surface area contributed by atoms with Gasteiger partial charge in [0.15, 0.2) is 0 Å². The van der Waals surface area contributed by atoms with E-state index in [9.17, 15) is 0 Å². The van der Waals surface area contributed by atoms with Crippen molar-refractivity contribution in [3.05, 3.63) is 30.1 Å². The summed E-state index contributed by atoms with van der Waals surface area (Å²) in [5, 5.41) is 3.42. The van der Waals surface area contributed by atoms with E-state index in [0.717, 1.165) is 5.92 Å². The molecule has 1 fully saturated rings. The summed E-state index contributed by atoms with van der Waals surface area (Å²) in [5.74, 6) is 0.823. The van der Waals surface area contributed by atoms with Crippen LogP contribution in [0.5, 0.6) is 0 Å². The van der Waals surface area contributed by atoms with Crippen LogP contribution in [-0.2, 0) is 13.5 Å². The fourth-order valence-electron chi connectivity index (χ4n) is 2.78. The van der Waals surface area contributed by atoms with Crippen molar-refractivity contribution >= 4 is 11.0 Å². The molecule has 0 spiro atoms. The van der Waals surface area contributed by atoms with E-state index in [1.165, 1.54) is 48.9 Å². The normalized spacial score (nSPS) is 17.7. The average Bonchev–Trinajstić information content (AvgIpc) is 2.74. The van der Waals surface area contributed by atoms with Crippen LogP contribution in [0.1, 0.15) is 18.4 Å². The predicted molar refractivity (Wildman–Crippen MR) is 70.0 cm³/mol. The lowest BCUT2D eigenvalue weighted by Crippen LogP contribution is -2.28. The lowest BCUT2D eigenvalue weighted by Gasteiger charge is -2.22. The molecule has 0 aliphatic carbocycles. The number of hydrogen-bond donors (Lipinski definition) is 1. The maximum atomic E-state index is 4.53. The Hall–Kier alpha value is -1.35. The molecule has 1 aliphatic rings. The number of aryl methyl sites for hydroxylation is 1. The number of piperidine rings is 1. The Bertz CT molecular complexity index is 509. The zero-order chi connectivity index (χ0) is 11.7. The summed E-state index contributed by atoms with van der Waals surface area (Å²) in [6.07, 6.45) is 5.68. The van der Waals surface area contributed by atoms with E-state index < -0.39 is 0 Å². The van der Waals surface area contributed by atoms with Crippen LogP contribution in [0.25, 0.3) is 11.0 Å². The molecular weight excluding hydrogens is 210 g/mol. The smallest absolute Gasteiger partial charge is 0.0955 e. The third kappa shape index (κ3) is 2.07. The monoisotopic (exact) mass is 229 g/mol. The number of para-hydroxylation sites is 1. The largest absolute Gasteiger partial charge is 0.334 e. The van der Waals surface area contributed by atoms with Crippen molar-refractivity contribution in [1.29, 1.82) is 0 Å². The molecule has 0 radical (unpaired) electrons. The molecule has 1 N–H and O–H groups in total. The molecule has 0 unspecified atom stereocenters. The van der Waals surface area contributed by atoms with Gasteiger partial charge in [0, 0.05) is 7.05 Å². The molecule has 0 amide bonds. The second kappa shape index (κ2) is 4.49. The number of hydrogen-bond acceptors (Lipinski definition) is 2. The first-order valence-corrected chi connectivity index (χ1v) is 6.44. The third-order valence-corrected chi connectivity index (χ3v) is 3.81. The number of aromatic nitrogens is 2. The lowest BCUT2D eigenvalue weighted by molar-refractivity contribution is 0.373. The molecule has 0 atom stereocenters. The summed E-state index contributed by atoms with van der Waals surface area (Å²) in [4.78, 5) is 4.53. The van der Waals surface area contributed by atoms with Crippen LogP contribution in [0, 0.1) is 5.92 Å². The standard InChI is InChI=1S/C14H19N3/c1-17-10-16-14-12(3-2-4-13(14)17)9-11-5-7-15-8-6-11/h2-4,10-11,15H,5-9H2,1H3. The first-order valence-electron chi connectivity index (χ1n) is 6.44. The van der Waals surface area contributed by atoms with Gasteiger partial charge in [-0.15, -0.1) is 0 Å². The van der Waals surface area contributed by atoms with Crippen LogP contribution >= 0.6 is 0 Å². The van der Waals surface area contributed by atoms with Crippen LogP contribution in [-0.4, -0.2) is 22.6 Å². The van der Waals surface area contributed by atoms with E-state index in [-0.39, 0.29) is 0 Å². The molecular formula is C14H19N3. The van der Waals surface area contributed by atoms with Crippen molar-refractivity contribution in [2.45, 2.75) is 19.3 Å². The SMILES string of the molecule is Cn1cnc2c(CC3CCNCC3)cccc21. The van der Waals surface area contributed by atoms with Crippen molar-refractivity contribution in [1.82, 2.24) is 14.9 Å². The minimum atomic E-state index is 0.823. The molecule has 90 valence electrons. The van der Waals surface area contributed by atoms with E-state index in [1.807, 2.05) is 6.33 Å². The second-order valence-electron chi connectivity index (χ2n) is 5.04. The number of nitrogens with one attached hydrogen (secondary N) is 1. The van der Waals surface area contributed by atoms with Gasteiger partial charge in [0.05, 0.1) is 17.4 Å². The molecule has 3 rings (SSSR count). The first kappa shape index (κ1) is 10.8. The molecule has 2 aromatic rings. The molecule has 1 aromatic carbocycles. The van der Waals surface area contributed by atoms with Crippen LogP contribution in [0.2, 0.25) is 0 Å². The van der Waals surface area contributed by atoms with Crippen molar-refractivity contribution < 1.29 is 0 Å². The number of nitrogens with zero attached hydrogens (tertiary/aromatic N) is 2. The van der Waals surface area contributed by atoms with E-state index in [0.29, 0.717) is 0 Å². The van der Waals surface area contributed by atoms with Crippen molar-refractivity contribution in [2.24, 2.45) is 13.0 Å². The molecule has 3 heteroatoms. The van der Waals surface area contributed by atoms with E-state index in [4.69, 9.17) is 0 Å². The molecule has 17 heavy (non-hydrogen) atoms. The van der Waals surface area contributed by atoms with Gasteiger partial charge in [0.1, 0.15) is 0 Å². The second-order valence-corrected chi connectivity index (χ2v) is 5.04. The highest BCUT2D eigenvalue weighted by Crippen LogP contribution is 2.23. The van der Waals surface area contributed by atoms with E-state index >= 15 is 0 Å². The van der Waals surface area contributed by atoms with Crippen molar-refractivity contribution in [3.8, 4) is 0 Å². The summed E-state index contributed by atoms with van der Waals surface area (Å²) >= 11 is 0. The Labute approximate surface area is 102 Å². The molecule has 2 heterocycles. The summed E-state index contributed by atoms with van der Waals surface area (Å²) in [6, 6.07) is 6.53. The molecule has 1 aromatic heterocycles. The number of benzene rings is 1. The van der Waals surface area contributed by atoms with Gasteiger partial charge < -0.3 is 9.88 Å². The maximum absolute atomic E-state index is 4.53. The van der Waals surface area contributed by atoms with Gasteiger partial charge in [0.25, 0.3) is 0 Å². The number of rotatable bonds is 2. The molecule has 0 saturated carbocycles. The molecule has 1 aliphatic heterocycles. The van der Waals surface area contributed by atoms with Crippen molar-refractivity contribution in [3.63, 3.8) is 0 Å². The van der Waals surface area contributed by atoms with E-state index in [1.54, 1.807) is 0 Å². The zero-order valence-electron chi connectivity index (χ0n) is 10.3. The Kier molecular flexibility index (Phi) is 2.85. The maximum Gasteiger partial charge on any atom is 0.0955 e. The molecule has 0 bridgehead atoms. The van der Waals surface area contributed by atoms with Gasteiger partial charge in [0.2, 0.25) is 0 Å². The zero-order valence-corrected chi connectivity index (χ0v) is 10.3. The first-order chi connectivity index (χ1) is 8.34. The molecule has 3 nitrogen and oxygen atoms in total. The minimum Gasteiger partial charge on any atom is -0.334 e. The van der Waals surface area contributed by atoms with Gasteiger partial charge in [-0.2, -0.15) is 0 Å². The van der Waals surface area contributed by atoms with Gasteiger partial charge in [-0.1, -0.05) is 12.1 Å². The van der Waals surface area contributed by atoms with Crippen LogP contribution in [0.3, 0.4) is 0 Å². The topological polar surface area (TPSA) is 29.9 Å². The Balaban J connectivity index is 1.89. The van der Waals surface area contributed by atoms with Gasteiger partial charge in [-0.25, -0.2) is 4.98 Å². The number of imidazole rings is 1. The van der Waals surface area contributed by atoms with Crippen LogP contribution in [0.15, 0.2) is 24.5 Å². The number of fused-ring (bicyclic) bond motifs is 1. The highest BCUT2D eigenvalue weighted by Gasteiger charge is 2.15. The summed E-state index contributed by atoms with van der Waals surface area (Å²) in [7, 11) is 2.06. The Morgan fingerprint density at radius 3 is 3.00 bits per heavy atom. The van der Waals surface area contributed by atoms with Crippen molar-refractivity contribution in [2.75, 3.05) is 13.1 Å². The fourth-order valence-corrected chi connectivity index (χ4v) is 2.78. The highest BCUT2D eigenvalue weighted by molar-refractivity contribution is 5.78. The van der Waals surface area contributed by atoms with Gasteiger partial charge in [-0.05, 0) is 49.9 Å². The average molecular weight is 229 g/mol. The van der Waals surface area contributed by atoms with Gasteiger partial charge in [-0.3, -0.25) is 0 Å². The Morgan fingerprint density at radius 1 is 1.35 bits per heavy atom. The minimum absolute atomic E-state index is 0.823. The fraction of sp³-hybridized carbons (Fsp3) is 0.500. The summed E-state index contributed by atoms with van der Waals surface area (Å²) in [6.45, 7) is 2.34. The Morgan fingerprint density at radius 2 is 2.18 bits per heavy atom. The quantitative estimate of drug-likeness (QED) is 0.855. The predicted octanol–water partition coefficient (Wildman–Crippen LogP) is 2.12. The highest BCUT2D eigenvalue weighted by atomic mass is 15.0. The lowest BCUT2D eigenvalue weighted by atomic mass is 9.90. The molecule has 1 saturated heterocycles. The third-order valence-electron chi connectivity index (χ3n) is 3.81. The van der Waals surface area contributed by atoms with Crippen LogP contribution in [0.4, 0.5) is 0 Å². The summed E-state index contributed by atoms with van der Waals surface area (Å²) in [5.41, 5.74) is 3.85. The summed E-state index contributed by atoms with van der Waals surface area (Å²) < 4.78 is 2.10. The van der Waals surface area contributed by atoms with Gasteiger partial charge >= 0.3 is 0 Å².